The van der Waals surface area contributed by atoms with Crippen LogP contribution in [0, 0.1) is 0 Å². The van der Waals surface area contributed by atoms with Crippen molar-refractivity contribution in [3.63, 3.8) is 0 Å². The van der Waals surface area contributed by atoms with Crippen molar-refractivity contribution in [3.8, 4) is 0 Å². The van der Waals surface area contributed by atoms with Gasteiger partial charge in [0.1, 0.15) is 6.33 Å². The maximum atomic E-state index is 12.6. The number of allylic oxidation sites excluding steroid dienone is 1. The number of aromatic nitrogens is 5. The Balaban J connectivity index is 1.63. The number of benzene rings is 1. The van der Waals surface area contributed by atoms with E-state index < -0.39 is 0 Å². The minimum absolute atomic E-state index is 0.186. The summed E-state index contributed by atoms with van der Waals surface area (Å²) in [6, 6.07) is 11.6. The van der Waals surface area contributed by atoms with E-state index in [-0.39, 0.29) is 11.9 Å². The van der Waals surface area contributed by atoms with Crippen LogP contribution < -0.4 is 0 Å². The fraction of sp³-hybridized carbons (Fsp3) is 0.211. The van der Waals surface area contributed by atoms with Crippen molar-refractivity contribution in [2.75, 3.05) is 7.05 Å². The lowest BCUT2D eigenvalue weighted by Crippen LogP contribution is -2.30. The molecule has 26 heavy (non-hydrogen) atoms. The van der Waals surface area contributed by atoms with Gasteiger partial charge in [-0.1, -0.05) is 47.7 Å². The van der Waals surface area contributed by atoms with E-state index in [1.165, 1.54) is 6.33 Å². The van der Waals surface area contributed by atoms with Gasteiger partial charge in [-0.2, -0.15) is 0 Å². The van der Waals surface area contributed by atoms with Gasteiger partial charge in [0.25, 0.3) is 5.91 Å². The van der Waals surface area contributed by atoms with Crippen LogP contribution in [0.15, 0.2) is 61.2 Å². The highest BCUT2D eigenvalue weighted by molar-refractivity contribution is 5.92. The quantitative estimate of drug-likeness (QED) is 0.684. The average Bonchev–Trinajstić information content (AvgIpc) is 3.16. The monoisotopic (exact) mass is 348 g/mol. The molecule has 7 heteroatoms. The van der Waals surface area contributed by atoms with E-state index in [1.54, 1.807) is 35.1 Å². The van der Waals surface area contributed by atoms with E-state index in [9.17, 15) is 4.79 Å². The molecule has 0 N–H and O–H groups in total. The van der Waals surface area contributed by atoms with Crippen LogP contribution in [0.5, 0.6) is 0 Å². The summed E-state index contributed by atoms with van der Waals surface area (Å²) in [5.74, 6) is -0.200. The smallest absolute Gasteiger partial charge is 0.276 e. The van der Waals surface area contributed by atoms with Crippen molar-refractivity contribution >= 4 is 12.0 Å². The molecule has 0 radical (unpaired) electrons. The predicted molar refractivity (Wildman–Crippen MR) is 98.0 cm³/mol. The van der Waals surface area contributed by atoms with E-state index >= 15 is 0 Å². The van der Waals surface area contributed by atoms with Gasteiger partial charge >= 0.3 is 0 Å². The van der Waals surface area contributed by atoms with Crippen molar-refractivity contribution in [2.24, 2.45) is 0 Å². The molecule has 1 atom stereocenters. The van der Waals surface area contributed by atoms with Gasteiger partial charge in [-0.05, 0) is 18.6 Å². The molecule has 0 aliphatic rings. The van der Waals surface area contributed by atoms with Crippen LogP contribution >= 0.6 is 0 Å². The molecule has 1 aromatic carbocycles. The van der Waals surface area contributed by atoms with Crippen molar-refractivity contribution in [1.82, 2.24) is 29.9 Å². The minimum atomic E-state index is -0.200. The fourth-order valence-corrected chi connectivity index (χ4v) is 2.45. The molecule has 1 unspecified atom stereocenters. The molecule has 0 aliphatic heterocycles. The first-order valence-corrected chi connectivity index (χ1v) is 8.30. The Morgan fingerprint density at radius 1 is 1.27 bits per heavy atom. The summed E-state index contributed by atoms with van der Waals surface area (Å²) in [5, 5.41) is 8.02. The molecular weight excluding hydrogens is 328 g/mol. The van der Waals surface area contributed by atoms with Crippen LogP contribution in [0.2, 0.25) is 0 Å². The highest BCUT2D eigenvalue weighted by Gasteiger charge is 2.22. The topological polar surface area (TPSA) is 76.8 Å². The van der Waals surface area contributed by atoms with Gasteiger partial charge in [0.15, 0.2) is 5.69 Å². The third-order valence-corrected chi connectivity index (χ3v) is 4.09. The van der Waals surface area contributed by atoms with Crippen molar-refractivity contribution < 1.29 is 4.79 Å². The molecule has 2 heterocycles. The summed E-state index contributed by atoms with van der Waals surface area (Å²) in [6.07, 6.45) is 8.77. The van der Waals surface area contributed by atoms with E-state index in [2.05, 4.69) is 20.3 Å². The van der Waals surface area contributed by atoms with Crippen LogP contribution in [-0.2, 0) is 6.54 Å². The maximum absolute atomic E-state index is 12.6. The minimum Gasteiger partial charge on any atom is -0.332 e. The lowest BCUT2D eigenvalue weighted by Gasteiger charge is -2.23. The zero-order valence-electron chi connectivity index (χ0n) is 14.7. The van der Waals surface area contributed by atoms with Gasteiger partial charge in [0, 0.05) is 13.2 Å². The number of hydrogen-bond acceptors (Lipinski definition) is 5. The molecule has 0 fully saturated rings. The number of carbonyl (C=O) groups is 1. The Bertz CT molecular complexity index is 875. The second-order valence-electron chi connectivity index (χ2n) is 5.87. The fourth-order valence-electron chi connectivity index (χ4n) is 2.45. The first-order valence-electron chi connectivity index (χ1n) is 8.30. The van der Waals surface area contributed by atoms with Gasteiger partial charge in [-0.25, -0.2) is 14.6 Å². The second-order valence-corrected chi connectivity index (χ2v) is 5.87. The summed E-state index contributed by atoms with van der Waals surface area (Å²) in [5.41, 5.74) is 2.19. The van der Waals surface area contributed by atoms with E-state index in [4.69, 9.17) is 0 Å². The van der Waals surface area contributed by atoms with Crippen molar-refractivity contribution in [2.45, 2.75) is 19.5 Å². The molecule has 1 amide bonds. The summed E-state index contributed by atoms with van der Waals surface area (Å²) in [6.45, 7) is 2.45. The van der Waals surface area contributed by atoms with Gasteiger partial charge in [0.05, 0.1) is 24.5 Å². The third kappa shape index (κ3) is 4.18. The lowest BCUT2D eigenvalue weighted by molar-refractivity contribution is 0.0733. The van der Waals surface area contributed by atoms with E-state index in [1.807, 2.05) is 49.4 Å². The molecular formula is C19H20N6O. The molecule has 0 spiro atoms. The average molecular weight is 348 g/mol. The first kappa shape index (κ1) is 17.5. The van der Waals surface area contributed by atoms with Crippen molar-refractivity contribution in [1.29, 1.82) is 0 Å². The molecule has 7 nitrogen and oxygen atoms in total. The molecule has 0 bridgehead atoms. The summed E-state index contributed by atoms with van der Waals surface area (Å²) >= 11 is 0. The van der Waals surface area contributed by atoms with Gasteiger partial charge in [-0.15, -0.1) is 5.10 Å². The second kappa shape index (κ2) is 8.15. The molecule has 2 aromatic heterocycles. The molecule has 3 rings (SSSR count). The predicted octanol–water partition coefficient (Wildman–Crippen LogP) is 2.61. The largest absolute Gasteiger partial charge is 0.332 e. The molecule has 0 saturated heterocycles. The first-order chi connectivity index (χ1) is 12.6. The number of amides is 1. The summed E-state index contributed by atoms with van der Waals surface area (Å²) in [4.78, 5) is 22.3. The molecule has 0 aliphatic carbocycles. The Morgan fingerprint density at radius 2 is 2.08 bits per heavy atom. The molecule has 0 saturated carbocycles. The Morgan fingerprint density at radius 3 is 2.81 bits per heavy atom. The standard InChI is InChI=1S/C19H20N6O/c1-15(17-10-11-20-14-21-17)24(2)19(26)18-13-25(23-22-18)12-6-9-16-7-4-3-5-8-16/h3-11,13-15H,12H2,1-2H3. The third-order valence-electron chi connectivity index (χ3n) is 4.09. The van der Waals surface area contributed by atoms with Crippen LogP contribution in [0.1, 0.15) is 34.7 Å². The Hall–Kier alpha value is -3.35. The zero-order valence-corrected chi connectivity index (χ0v) is 14.7. The normalized spacial score (nSPS) is 12.2. The number of carbonyl (C=O) groups excluding carboxylic acids is 1. The summed E-state index contributed by atoms with van der Waals surface area (Å²) < 4.78 is 1.63. The van der Waals surface area contributed by atoms with Crippen LogP contribution in [0.3, 0.4) is 0 Å². The van der Waals surface area contributed by atoms with Gasteiger partial charge < -0.3 is 4.90 Å². The van der Waals surface area contributed by atoms with Crippen molar-refractivity contribution in [3.05, 3.63) is 78.1 Å². The van der Waals surface area contributed by atoms with E-state index in [0.717, 1.165) is 11.3 Å². The maximum Gasteiger partial charge on any atom is 0.276 e. The molecule has 3 aromatic rings. The zero-order chi connectivity index (χ0) is 18.4. The van der Waals surface area contributed by atoms with Crippen LogP contribution in [0.25, 0.3) is 6.08 Å². The number of hydrogen-bond donors (Lipinski definition) is 0. The van der Waals surface area contributed by atoms with Crippen LogP contribution in [0.4, 0.5) is 0 Å². The highest BCUT2D eigenvalue weighted by Crippen LogP contribution is 2.17. The van der Waals surface area contributed by atoms with Gasteiger partial charge in [0.2, 0.25) is 0 Å². The summed E-state index contributed by atoms with van der Waals surface area (Å²) in [7, 11) is 1.73. The molecule has 132 valence electrons. The van der Waals surface area contributed by atoms with Crippen LogP contribution in [-0.4, -0.2) is 42.8 Å². The SMILES string of the molecule is CC(c1ccncn1)N(C)C(=O)c1cn(CC=Cc2ccccc2)nn1. The van der Waals surface area contributed by atoms with Gasteiger partial charge in [-0.3, -0.25) is 4.79 Å². The number of rotatable bonds is 6. The van der Waals surface area contributed by atoms with E-state index in [0.29, 0.717) is 12.2 Å². The number of nitrogens with zero attached hydrogens (tertiary/aromatic N) is 6. The Labute approximate surface area is 152 Å². The lowest BCUT2D eigenvalue weighted by atomic mass is 10.2. The Kier molecular flexibility index (Phi) is 5.48. The highest BCUT2D eigenvalue weighted by atomic mass is 16.2.